The molecular formula is C22H28N2O4. The molecule has 0 fully saturated rings. The van der Waals surface area contributed by atoms with Crippen molar-refractivity contribution in [2.75, 3.05) is 20.8 Å². The van der Waals surface area contributed by atoms with Crippen LogP contribution >= 0.6 is 0 Å². The van der Waals surface area contributed by atoms with E-state index in [1.807, 2.05) is 57.2 Å². The Morgan fingerprint density at radius 1 is 1.07 bits per heavy atom. The number of aliphatic imine (C=N–C) groups is 1. The molecule has 0 aromatic heterocycles. The van der Waals surface area contributed by atoms with Crippen molar-refractivity contribution in [2.24, 2.45) is 4.99 Å². The standard InChI is InChI=1S/C22H28N2O4/c1-15(2)28-22(24-21(25)18-8-6-7-16(3)13-18)23-12-11-17-9-10-19(26-4)20(14-17)27-5/h6-10,13-15H,11-12H2,1-5H3,(H,23,24,25). The number of amides is 1. The van der Waals surface area contributed by atoms with Gasteiger partial charge in [0, 0.05) is 12.1 Å². The average molecular weight is 384 g/mol. The molecule has 0 radical (unpaired) electrons. The summed E-state index contributed by atoms with van der Waals surface area (Å²) in [7, 11) is 3.21. The van der Waals surface area contributed by atoms with E-state index < -0.39 is 0 Å². The molecule has 2 aromatic carbocycles. The van der Waals surface area contributed by atoms with Gasteiger partial charge in [0.2, 0.25) is 0 Å². The van der Waals surface area contributed by atoms with Crippen LogP contribution in [0.3, 0.4) is 0 Å². The Bertz CT molecular complexity index is 831. The summed E-state index contributed by atoms with van der Waals surface area (Å²) in [6, 6.07) is 13.4. The van der Waals surface area contributed by atoms with Crippen LogP contribution in [0.4, 0.5) is 0 Å². The third-order valence-electron chi connectivity index (χ3n) is 3.95. The molecule has 0 heterocycles. The Labute approximate surface area is 166 Å². The molecule has 0 unspecified atom stereocenters. The Kier molecular flexibility index (Phi) is 7.87. The molecule has 2 rings (SSSR count). The minimum Gasteiger partial charge on any atom is -0.493 e. The Hall–Kier alpha value is -3.02. The average Bonchev–Trinajstić information content (AvgIpc) is 2.67. The number of nitrogens with one attached hydrogen (secondary N) is 1. The highest BCUT2D eigenvalue weighted by atomic mass is 16.5. The van der Waals surface area contributed by atoms with Gasteiger partial charge in [-0.05, 0) is 57.0 Å². The number of amidine groups is 1. The van der Waals surface area contributed by atoms with Crippen molar-refractivity contribution in [2.45, 2.75) is 33.3 Å². The molecule has 0 bridgehead atoms. The Balaban J connectivity index is 2.06. The normalized spacial score (nSPS) is 11.3. The van der Waals surface area contributed by atoms with Crippen LogP contribution in [0.1, 0.15) is 35.3 Å². The number of nitrogens with zero attached hydrogens (tertiary/aromatic N) is 1. The maximum atomic E-state index is 12.5. The number of carbonyl (C=O) groups is 1. The molecule has 1 N–H and O–H groups in total. The SMILES string of the molecule is COc1ccc(CCN=C(NC(=O)c2cccc(C)c2)OC(C)C)cc1OC. The molecule has 6 nitrogen and oxygen atoms in total. The van der Waals surface area contributed by atoms with Gasteiger partial charge in [0.1, 0.15) is 0 Å². The molecule has 0 spiro atoms. The van der Waals surface area contributed by atoms with Crippen molar-refractivity contribution in [3.05, 3.63) is 59.2 Å². The number of methoxy groups -OCH3 is 2. The van der Waals surface area contributed by atoms with E-state index in [1.165, 1.54) is 0 Å². The van der Waals surface area contributed by atoms with E-state index in [0.717, 1.165) is 11.1 Å². The minimum absolute atomic E-state index is 0.0994. The molecular weight excluding hydrogens is 356 g/mol. The fourth-order valence-corrected chi connectivity index (χ4v) is 2.61. The Morgan fingerprint density at radius 2 is 1.82 bits per heavy atom. The van der Waals surface area contributed by atoms with E-state index in [1.54, 1.807) is 20.3 Å². The second-order valence-corrected chi connectivity index (χ2v) is 6.62. The second kappa shape index (κ2) is 10.3. The fraction of sp³-hybridized carbons (Fsp3) is 0.364. The van der Waals surface area contributed by atoms with Crippen LogP contribution < -0.4 is 14.8 Å². The van der Waals surface area contributed by atoms with Crippen LogP contribution in [-0.4, -0.2) is 38.8 Å². The summed E-state index contributed by atoms with van der Waals surface area (Å²) in [6.07, 6.45) is 0.573. The van der Waals surface area contributed by atoms with Crippen LogP contribution in [0.5, 0.6) is 11.5 Å². The summed E-state index contributed by atoms with van der Waals surface area (Å²) < 4.78 is 16.2. The first-order valence-electron chi connectivity index (χ1n) is 9.23. The summed E-state index contributed by atoms with van der Waals surface area (Å²) in [5.41, 5.74) is 2.64. The largest absolute Gasteiger partial charge is 0.493 e. The second-order valence-electron chi connectivity index (χ2n) is 6.62. The zero-order valence-corrected chi connectivity index (χ0v) is 17.1. The van der Waals surface area contributed by atoms with Gasteiger partial charge in [0.25, 0.3) is 11.9 Å². The Morgan fingerprint density at radius 3 is 2.46 bits per heavy atom. The quantitative estimate of drug-likeness (QED) is 0.583. The van der Waals surface area contributed by atoms with Crippen molar-refractivity contribution in [3.8, 4) is 11.5 Å². The van der Waals surface area contributed by atoms with E-state index in [9.17, 15) is 4.79 Å². The van der Waals surface area contributed by atoms with E-state index in [0.29, 0.717) is 30.0 Å². The van der Waals surface area contributed by atoms with Gasteiger partial charge >= 0.3 is 0 Å². The van der Waals surface area contributed by atoms with Crippen molar-refractivity contribution >= 4 is 11.9 Å². The maximum absolute atomic E-state index is 12.5. The first-order valence-corrected chi connectivity index (χ1v) is 9.23. The van der Waals surface area contributed by atoms with Crippen LogP contribution in [0.15, 0.2) is 47.5 Å². The zero-order chi connectivity index (χ0) is 20.5. The van der Waals surface area contributed by atoms with Crippen LogP contribution in [0.25, 0.3) is 0 Å². The van der Waals surface area contributed by atoms with Gasteiger partial charge in [-0.25, -0.2) is 4.99 Å². The summed E-state index contributed by atoms with van der Waals surface area (Å²) in [4.78, 5) is 16.9. The zero-order valence-electron chi connectivity index (χ0n) is 17.1. The first-order chi connectivity index (χ1) is 13.4. The minimum atomic E-state index is -0.241. The van der Waals surface area contributed by atoms with Crippen molar-refractivity contribution in [3.63, 3.8) is 0 Å². The molecule has 28 heavy (non-hydrogen) atoms. The molecule has 0 atom stereocenters. The number of hydrogen-bond acceptors (Lipinski definition) is 5. The van der Waals surface area contributed by atoms with Gasteiger partial charge in [-0.1, -0.05) is 23.8 Å². The van der Waals surface area contributed by atoms with Gasteiger partial charge in [0.05, 0.1) is 20.3 Å². The maximum Gasteiger partial charge on any atom is 0.291 e. The van der Waals surface area contributed by atoms with E-state index in [-0.39, 0.29) is 18.0 Å². The third kappa shape index (κ3) is 6.30. The highest BCUT2D eigenvalue weighted by Gasteiger charge is 2.12. The number of carbonyl (C=O) groups excluding carboxylic acids is 1. The number of benzene rings is 2. The van der Waals surface area contributed by atoms with Crippen molar-refractivity contribution in [1.29, 1.82) is 0 Å². The van der Waals surface area contributed by atoms with Crippen LogP contribution in [0, 0.1) is 6.92 Å². The van der Waals surface area contributed by atoms with Gasteiger partial charge in [-0.2, -0.15) is 0 Å². The van der Waals surface area contributed by atoms with Gasteiger partial charge in [0.15, 0.2) is 11.5 Å². The van der Waals surface area contributed by atoms with Crippen LogP contribution in [0.2, 0.25) is 0 Å². The number of hydrogen-bond donors (Lipinski definition) is 1. The summed E-state index contributed by atoms with van der Waals surface area (Å²) >= 11 is 0. The lowest BCUT2D eigenvalue weighted by atomic mass is 10.1. The molecule has 2 aromatic rings. The van der Waals surface area contributed by atoms with E-state index >= 15 is 0 Å². The summed E-state index contributed by atoms with van der Waals surface area (Å²) in [5.74, 6) is 1.12. The van der Waals surface area contributed by atoms with E-state index in [4.69, 9.17) is 14.2 Å². The number of ether oxygens (including phenoxy) is 3. The van der Waals surface area contributed by atoms with Gasteiger partial charge in [-0.3, -0.25) is 10.1 Å². The highest BCUT2D eigenvalue weighted by molar-refractivity contribution is 6.04. The predicted molar refractivity (Wildman–Crippen MR) is 110 cm³/mol. The molecule has 0 saturated heterocycles. The van der Waals surface area contributed by atoms with E-state index in [2.05, 4.69) is 10.3 Å². The molecule has 0 aliphatic carbocycles. The summed E-state index contributed by atoms with van der Waals surface area (Å²) in [6.45, 7) is 6.19. The van der Waals surface area contributed by atoms with Crippen molar-refractivity contribution in [1.82, 2.24) is 5.32 Å². The highest BCUT2D eigenvalue weighted by Crippen LogP contribution is 2.27. The van der Waals surface area contributed by atoms with Crippen LogP contribution in [-0.2, 0) is 11.2 Å². The number of rotatable bonds is 7. The topological polar surface area (TPSA) is 69.2 Å². The fourth-order valence-electron chi connectivity index (χ4n) is 2.61. The van der Waals surface area contributed by atoms with Gasteiger partial charge < -0.3 is 14.2 Å². The molecule has 0 aliphatic heterocycles. The lowest BCUT2D eigenvalue weighted by Gasteiger charge is -2.14. The predicted octanol–water partition coefficient (Wildman–Crippen LogP) is 3.77. The smallest absolute Gasteiger partial charge is 0.291 e. The van der Waals surface area contributed by atoms with Crippen molar-refractivity contribution < 1.29 is 19.0 Å². The van der Waals surface area contributed by atoms with Gasteiger partial charge in [-0.15, -0.1) is 0 Å². The molecule has 150 valence electrons. The molecule has 1 amide bonds. The lowest BCUT2D eigenvalue weighted by Crippen LogP contribution is -2.34. The molecule has 0 saturated carbocycles. The monoisotopic (exact) mass is 384 g/mol. The third-order valence-corrected chi connectivity index (χ3v) is 3.95. The molecule has 6 heteroatoms. The first kappa shape index (κ1) is 21.3. The lowest BCUT2D eigenvalue weighted by molar-refractivity contribution is 0.0959. The molecule has 0 aliphatic rings. The number of aryl methyl sites for hydroxylation is 1. The summed E-state index contributed by atoms with van der Waals surface area (Å²) in [5, 5.41) is 2.76.